The lowest BCUT2D eigenvalue weighted by molar-refractivity contribution is -0.137. The van der Waals surface area contributed by atoms with E-state index < -0.39 is 39.2 Å². The van der Waals surface area contributed by atoms with Crippen LogP contribution in [-0.2, 0) is 21.0 Å². The second-order valence-corrected chi connectivity index (χ2v) is 8.95. The summed E-state index contributed by atoms with van der Waals surface area (Å²) >= 11 is 8.78. The molecule has 1 aromatic carbocycles. The number of furan rings is 1. The highest BCUT2D eigenvalue weighted by Gasteiger charge is 2.34. The number of carbonyl (C=O) groups is 1. The Morgan fingerprint density at radius 2 is 2.03 bits per heavy atom. The molecule has 0 aliphatic rings. The molecule has 0 saturated heterocycles. The van der Waals surface area contributed by atoms with Crippen LogP contribution in [0.3, 0.4) is 0 Å². The molecule has 0 spiro atoms. The fraction of sp³-hybridized carbons (Fsp3) is 0.250. The van der Waals surface area contributed by atoms with E-state index in [0.717, 1.165) is 18.4 Å². The van der Waals surface area contributed by atoms with Crippen molar-refractivity contribution in [2.75, 3.05) is 17.1 Å². The van der Waals surface area contributed by atoms with Crippen LogP contribution in [0.25, 0.3) is 0 Å². The van der Waals surface area contributed by atoms with Crippen LogP contribution in [-0.4, -0.2) is 33.3 Å². The number of carbonyl (C=O) groups excluding carboxylic acids is 1. The zero-order chi connectivity index (χ0) is 22.0. The molecule has 1 aromatic heterocycles. The Bertz CT molecular complexity index is 1030. The first-order valence-corrected chi connectivity index (χ1v) is 10.7. The molecular weight excluding hydrogens is 503 g/mol. The lowest BCUT2D eigenvalue weighted by atomic mass is 10.2. The minimum atomic E-state index is -4.79. The predicted molar refractivity (Wildman–Crippen MR) is 106 cm³/mol. The summed E-state index contributed by atoms with van der Waals surface area (Å²) in [6, 6.07) is 4.13. The first-order valence-electron chi connectivity index (χ1n) is 7.71. The van der Waals surface area contributed by atoms with Crippen molar-refractivity contribution in [1.29, 1.82) is 0 Å². The van der Waals surface area contributed by atoms with Gasteiger partial charge >= 0.3 is 6.18 Å². The van der Waals surface area contributed by atoms with Crippen LogP contribution in [0.2, 0.25) is 5.02 Å². The lowest BCUT2D eigenvalue weighted by Crippen LogP contribution is -2.39. The summed E-state index contributed by atoms with van der Waals surface area (Å²) in [7, 11) is -4.08. The zero-order valence-corrected chi connectivity index (χ0v) is 18.1. The van der Waals surface area contributed by atoms with Gasteiger partial charge in [-0.1, -0.05) is 11.6 Å². The SMILES string of the molecule is Cc1oc(/C=N\NC(=O)CN(c2ccc(Cl)c(C(F)(F)F)c2)S(C)(=O)=O)cc1Br. The fourth-order valence-corrected chi connectivity index (χ4v) is 3.54. The molecule has 29 heavy (non-hydrogen) atoms. The van der Waals surface area contributed by atoms with Crippen molar-refractivity contribution in [2.45, 2.75) is 13.1 Å². The molecule has 158 valence electrons. The van der Waals surface area contributed by atoms with Crippen molar-refractivity contribution in [3.8, 4) is 0 Å². The van der Waals surface area contributed by atoms with Gasteiger partial charge in [-0.2, -0.15) is 18.3 Å². The summed E-state index contributed by atoms with van der Waals surface area (Å²) in [6.45, 7) is 0.904. The number of nitrogens with one attached hydrogen (secondary N) is 1. The van der Waals surface area contributed by atoms with Gasteiger partial charge in [0.05, 0.1) is 33.2 Å². The molecule has 1 amide bonds. The van der Waals surface area contributed by atoms with E-state index in [1.807, 2.05) is 0 Å². The summed E-state index contributed by atoms with van der Waals surface area (Å²) in [4.78, 5) is 12.1. The Morgan fingerprint density at radius 1 is 1.38 bits per heavy atom. The molecule has 2 rings (SSSR count). The van der Waals surface area contributed by atoms with Crippen LogP contribution in [0.1, 0.15) is 17.1 Å². The van der Waals surface area contributed by atoms with Crippen molar-refractivity contribution >= 4 is 55.4 Å². The first kappa shape index (κ1) is 23.2. The molecule has 0 saturated carbocycles. The Labute approximate surface area is 177 Å². The molecular formula is C16H14BrClF3N3O4S. The van der Waals surface area contributed by atoms with Crippen LogP contribution < -0.4 is 9.73 Å². The highest BCUT2D eigenvalue weighted by Crippen LogP contribution is 2.37. The number of halogens is 5. The molecule has 1 N–H and O–H groups in total. The summed E-state index contributed by atoms with van der Waals surface area (Å²) in [5, 5.41) is 3.04. The molecule has 13 heteroatoms. The Hall–Kier alpha value is -2.05. The summed E-state index contributed by atoms with van der Waals surface area (Å²) < 4.78 is 69.7. The molecule has 0 fully saturated rings. The van der Waals surface area contributed by atoms with Gasteiger partial charge in [-0.05, 0) is 41.1 Å². The molecule has 7 nitrogen and oxygen atoms in total. The number of aryl methyl sites for hydroxylation is 1. The van der Waals surface area contributed by atoms with E-state index in [0.29, 0.717) is 26.4 Å². The van der Waals surface area contributed by atoms with Crippen LogP contribution in [0.5, 0.6) is 0 Å². The van der Waals surface area contributed by atoms with Crippen molar-refractivity contribution in [3.63, 3.8) is 0 Å². The number of amides is 1. The molecule has 0 aliphatic carbocycles. The predicted octanol–water partition coefficient (Wildman–Crippen LogP) is 3.94. The van der Waals surface area contributed by atoms with Gasteiger partial charge in [0.15, 0.2) is 0 Å². The standard InChI is InChI=1S/C16H14BrClF3N3O4S/c1-9-13(17)6-11(28-9)7-22-23-15(25)8-24(29(2,26)27)10-3-4-14(18)12(5-10)16(19,20)21/h3-7H,8H2,1-2H3,(H,23,25)/b22-7-. The van der Waals surface area contributed by atoms with Gasteiger partial charge in [0.2, 0.25) is 10.0 Å². The number of anilines is 1. The van der Waals surface area contributed by atoms with E-state index in [1.54, 1.807) is 13.0 Å². The van der Waals surface area contributed by atoms with Gasteiger partial charge in [0.25, 0.3) is 5.91 Å². The molecule has 0 bridgehead atoms. The summed E-state index contributed by atoms with van der Waals surface area (Å²) in [6.07, 6.45) is -2.85. The van der Waals surface area contributed by atoms with Gasteiger partial charge < -0.3 is 4.42 Å². The minimum absolute atomic E-state index is 0.321. The summed E-state index contributed by atoms with van der Waals surface area (Å²) in [5.41, 5.74) is 0.503. The smallest absolute Gasteiger partial charge is 0.417 e. The molecule has 2 aromatic rings. The highest BCUT2D eigenvalue weighted by molar-refractivity contribution is 9.10. The van der Waals surface area contributed by atoms with E-state index in [2.05, 4.69) is 26.5 Å². The normalized spacial score (nSPS) is 12.4. The van der Waals surface area contributed by atoms with Crippen molar-refractivity contribution in [3.05, 3.63) is 50.8 Å². The second-order valence-electron chi connectivity index (χ2n) is 5.78. The molecule has 0 radical (unpaired) electrons. The van der Waals surface area contributed by atoms with E-state index in [1.165, 1.54) is 6.21 Å². The second kappa shape index (κ2) is 8.76. The number of hydrazone groups is 1. The molecule has 0 aliphatic heterocycles. The van der Waals surface area contributed by atoms with E-state index in [4.69, 9.17) is 16.0 Å². The maximum absolute atomic E-state index is 13.0. The first-order chi connectivity index (χ1) is 13.3. The molecule has 0 atom stereocenters. The van der Waals surface area contributed by atoms with Gasteiger partial charge in [-0.25, -0.2) is 13.8 Å². The minimum Gasteiger partial charge on any atom is -0.459 e. The van der Waals surface area contributed by atoms with Crippen molar-refractivity contribution in [1.82, 2.24) is 5.43 Å². The average Bonchev–Trinajstić information content (AvgIpc) is 2.89. The topological polar surface area (TPSA) is 92.0 Å². The van der Waals surface area contributed by atoms with Gasteiger partial charge in [-0.15, -0.1) is 0 Å². The maximum Gasteiger partial charge on any atom is 0.417 e. The number of hydrogen-bond acceptors (Lipinski definition) is 5. The summed E-state index contributed by atoms with van der Waals surface area (Å²) in [5.74, 6) is 0.0314. The van der Waals surface area contributed by atoms with Crippen LogP contribution in [0.15, 0.2) is 38.3 Å². The number of alkyl halides is 3. The number of nitrogens with zero attached hydrogens (tertiary/aromatic N) is 2. The lowest BCUT2D eigenvalue weighted by Gasteiger charge is -2.22. The van der Waals surface area contributed by atoms with E-state index in [9.17, 15) is 26.4 Å². The van der Waals surface area contributed by atoms with E-state index in [-0.39, 0.29) is 5.69 Å². The number of hydrogen-bond donors (Lipinski definition) is 1. The molecule has 1 heterocycles. The monoisotopic (exact) mass is 515 g/mol. The van der Waals surface area contributed by atoms with Gasteiger partial charge in [0, 0.05) is 6.07 Å². The number of sulfonamides is 1. The molecule has 0 unspecified atom stereocenters. The number of benzene rings is 1. The Morgan fingerprint density at radius 3 is 2.55 bits per heavy atom. The third kappa shape index (κ3) is 6.21. The van der Waals surface area contributed by atoms with Gasteiger partial charge in [-0.3, -0.25) is 9.10 Å². The van der Waals surface area contributed by atoms with Crippen molar-refractivity contribution < 1.29 is 30.8 Å². The van der Waals surface area contributed by atoms with Crippen LogP contribution in [0.4, 0.5) is 18.9 Å². The fourth-order valence-electron chi connectivity index (χ4n) is 2.16. The Balaban J connectivity index is 2.20. The van der Waals surface area contributed by atoms with E-state index >= 15 is 0 Å². The quantitative estimate of drug-likeness (QED) is 0.465. The third-order valence-corrected chi connectivity index (χ3v) is 5.75. The van der Waals surface area contributed by atoms with Gasteiger partial charge in [0.1, 0.15) is 18.1 Å². The van der Waals surface area contributed by atoms with Crippen LogP contribution in [0, 0.1) is 6.92 Å². The highest BCUT2D eigenvalue weighted by atomic mass is 79.9. The van der Waals surface area contributed by atoms with Crippen LogP contribution >= 0.6 is 27.5 Å². The third-order valence-electron chi connectivity index (χ3n) is 3.49. The largest absolute Gasteiger partial charge is 0.459 e. The Kier molecular flexibility index (Phi) is 7.01. The maximum atomic E-state index is 13.0. The average molecular weight is 517 g/mol. The van der Waals surface area contributed by atoms with Crippen molar-refractivity contribution in [2.24, 2.45) is 5.10 Å². The number of rotatable bonds is 6. The zero-order valence-electron chi connectivity index (χ0n) is 14.9.